The fraction of sp³-hybridized carbons (Fsp3) is 0.667. The lowest BCUT2D eigenvalue weighted by molar-refractivity contribution is 0.599. The molecule has 0 amide bonds. The summed E-state index contributed by atoms with van der Waals surface area (Å²) in [6.07, 6.45) is 9.91. The van der Waals surface area contributed by atoms with Crippen molar-refractivity contribution in [3.8, 4) is 0 Å². The van der Waals surface area contributed by atoms with Gasteiger partial charge in [-0.15, -0.1) is 0 Å². The van der Waals surface area contributed by atoms with Crippen LogP contribution in [0.25, 0.3) is 0 Å². The van der Waals surface area contributed by atoms with Crippen LogP contribution in [-0.4, -0.2) is 21.6 Å². The van der Waals surface area contributed by atoms with Gasteiger partial charge in [0, 0.05) is 18.9 Å². The Morgan fingerprint density at radius 2 is 2.31 bits per heavy atom. The van der Waals surface area contributed by atoms with Gasteiger partial charge in [0.25, 0.3) is 0 Å². The first-order chi connectivity index (χ1) is 6.34. The van der Waals surface area contributed by atoms with Gasteiger partial charge in [-0.05, 0) is 37.1 Å². The Bertz CT molecular complexity index is 277. The Morgan fingerprint density at radius 1 is 1.46 bits per heavy atom. The molecule has 1 aromatic heterocycles. The highest BCUT2D eigenvalue weighted by atomic mass is 32.2. The van der Waals surface area contributed by atoms with Crippen LogP contribution < -0.4 is 0 Å². The number of aromatic nitrogens is 2. The molecule has 0 aliphatic carbocycles. The van der Waals surface area contributed by atoms with Crippen LogP contribution in [0, 0.1) is 4.77 Å². The summed E-state index contributed by atoms with van der Waals surface area (Å²) in [6.45, 7) is 1.05. The summed E-state index contributed by atoms with van der Waals surface area (Å²) in [5, 5.41) is 0. The van der Waals surface area contributed by atoms with E-state index in [-0.39, 0.29) is 0 Å². The molecule has 1 aromatic rings. The van der Waals surface area contributed by atoms with Crippen molar-refractivity contribution >= 4 is 24.0 Å². The summed E-state index contributed by atoms with van der Waals surface area (Å²) >= 11 is 7.01. The molecule has 0 saturated carbocycles. The Labute approximate surface area is 88.7 Å². The van der Waals surface area contributed by atoms with Crippen LogP contribution in [0.15, 0.2) is 12.4 Å². The third-order valence-electron chi connectivity index (χ3n) is 1.97. The average Bonchev–Trinajstić information content (AvgIpc) is 2.52. The maximum absolute atomic E-state index is 5.09. The fourth-order valence-corrected chi connectivity index (χ4v) is 1.94. The smallest absolute Gasteiger partial charge is 0.177 e. The molecule has 0 aliphatic heterocycles. The highest BCUT2D eigenvalue weighted by Crippen LogP contribution is 2.04. The number of aromatic amines is 1. The van der Waals surface area contributed by atoms with Crippen molar-refractivity contribution in [2.45, 2.75) is 25.8 Å². The highest BCUT2D eigenvalue weighted by Gasteiger charge is 1.92. The van der Waals surface area contributed by atoms with Crippen molar-refractivity contribution in [3.63, 3.8) is 0 Å². The topological polar surface area (TPSA) is 20.7 Å². The highest BCUT2D eigenvalue weighted by molar-refractivity contribution is 7.98. The molecule has 13 heavy (non-hydrogen) atoms. The molecule has 0 unspecified atom stereocenters. The van der Waals surface area contributed by atoms with Gasteiger partial charge >= 0.3 is 0 Å². The number of unbranched alkanes of at least 4 members (excludes halogenated alkanes) is 2. The van der Waals surface area contributed by atoms with E-state index in [1.165, 1.54) is 25.0 Å². The van der Waals surface area contributed by atoms with Crippen LogP contribution >= 0.6 is 24.0 Å². The second kappa shape index (κ2) is 6.27. The van der Waals surface area contributed by atoms with Crippen LogP contribution in [0.1, 0.15) is 19.3 Å². The molecule has 1 N–H and O–H groups in total. The van der Waals surface area contributed by atoms with Crippen molar-refractivity contribution in [3.05, 3.63) is 17.2 Å². The molecule has 2 nitrogen and oxygen atoms in total. The maximum atomic E-state index is 5.09. The van der Waals surface area contributed by atoms with Gasteiger partial charge in [-0.1, -0.05) is 6.42 Å². The normalized spacial score (nSPS) is 10.5. The zero-order valence-corrected chi connectivity index (χ0v) is 9.59. The van der Waals surface area contributed by atoms with Crippen molar-refractivity contribution in [2.75, 3.05) is 12.0 Å². The second-order valence-electron chi connectivity index (χ2n) is 3.01. The number of thioether (sulfide) groups is 1. The van der Waals surface area contributed by atoms with Crippen LogP contribution in [0.5, 0.6) is 0 Å². The van der Waals surface area contributed by atoms with E-state index in [1.807, 2.05) is 24.2 Å². The lowest BCUT2D eigenvalue weighted by atomic mass is 10.2. The zero-order valence-electron chi connectivity index (χ0n) is 7.95. The molecular weight excluding hydrogens is 200 g/mol. The van der Waals surface area contributed by atoms with Gasteiger partial charge in [-0.2, -0.15) is 11.8 Å². The first kappa shape index (κ1) is 10.9. The molecule has 1 heterocycles. The van der Waals surface area contributed by atoms with Crippen molar-refractivity contribution in [2.24, 2.45) is 0 Å². The van der Waals surface area contributed by atoms with E-state index >= 15 is 0 Å². The lowest BCUT2D eigenvalue weighted by Gasteiger charge is -2.01. The van der Waals surface area contributed by atoms with Crippen LogP contribution in [-0.2, 0) is 6.54 Å². The Kier molecular flexibility index (Phi) is 5.23. The van der Waals surface area contributed by atoms with E-state index in [2.05, 4.69) is 15.8 Å². The van der Waals surface area contributed by atoms with Gasteiger partial charge in [0.05, 0.1) is 0 Å². The lowest BCUT2D eigenvalue weighted by Crippen LogP contribution is -1.96. The minimum atomic E-state index is 0.838. The molecule has 0 spiro atoms. The van der Waals surface area contributed by atoms with E-state index in [0.717, 1.165) is 11.3 Å². The first-order valence-corrected chi connectivity index (χ1v) is 6.37. The van der Waals surface area contributed by atoms with Crippen molar-refractivity contribution in [1.29, 1.82) is 0 Å². The number of H-pyrrole nitrogens is 1. The summed E-state index contributed by atoms with van der Waals surface area (Å²) in [5.41, 5.74) is 0. The molecule has 1 rings (SSSR count). The van der Waals surface area contributed by atoms with Gasteiger partial charge in [0.2, 0.25) is 0 Å². The number of imidazole rings is 1. The number of hydrogen-bond donors (Lipinski definition) is 1. The summed E-state index contributed by atoms with van der Waals surface area (Å²) in [4.78, 5) is 2.99. The van der Waals surface area contributed by atoms with E-state index in [0.29, 0.717) is 0 Å². The Morgan fingerprint density at radius 3 is 2.92 bits per heavy atom. The predicted octanol–water partition coefficient (Wildman–Crippen LogP) is 3.08. The van der Waals surface area contributed by atoms with E-state index in [1.54, 1.807) is 0 Å². The SMILES string of the molecule is CSCCCCCn1cc[nH]c1=S. The van der Waals surface area contributed by atoms with Gasteiger partial charge in [0.1, 0.15) is 0 Å². The summed E-state index contributed by atoms with van der Waals surface area (Å²) < 4.78 is 2.93. The number of nitrogens with one attached hydrogen (secondary N) is 1. The van der Waals surface area contributed by atoms with Crippen LogP contribution in [0.3, 0.4) is 0 Å². The second-order valence-corrected chi connectivity index (χ2v) is 4.38. The predicted molar refractivity (Wildman–Crippen MR) is 61.8 cm³/mol. The van der Waals surface area contributed by atoms with Gasteiger partial charge < -0.3 is 9.55 Å². The van der Waals surface area contributed by atoms with E-state index in [4.69, 9.17) is 12.2 Å². The third kappa shape index (κ3) is 4.00. The summed E-state index contributed by atoms with van der Waals surface area (Å²) in [6, 6.07) is 0. The number of hydrogen-bond acceptors (Lipinski definition) is 2. The zero-order chi connectivity index (χ0) is 9.52. The monoisotopic (exact) mass is 216 g/mol. The van der Waals surface area contributed by atoms with E-state index in [9.17, 15) is 0 Å². The maximum Gasteiger partial charge on any atom is 0.177 e. The standard InChI is InChI=1S/C9H16N2S2/c1-13-8-4-2-3-6-11-7-5-10-9(11)12/h5,7H,2-4,6,8H2,1H3,(H,10,12). The summed E-state index contributed by atoms with van der Waals surface area (Å²) in [5.74, 6) is 1.28. The van der Waals surface area contributed by atoms with Crippen LogP contribution in [0.2, 0.25) is 0 Å². The number of nitrogens with zero attached hydrogens (tertiary/aromatic N) is 1. The third-order valence-corrected chi connectivity index (χ3v) is 3.02. The fourth-order valence-electron chi connectivity index (χ4n) is 1.23. The Balaban J connectivity index is 2.13. The quantitative estimate of drug-likeness (QED) is 0.582. The molecule has 0 saturated heterocycles. The molecule has 0 atom stereocenters. The molecule has 0 aliphatic rings. The summed E-state index contributed by atoms with van der Waals surface area (Å²) in [7, 11) is 0. The molecule has 0 aromatic carbocycles. The van der Waals surface area contributed by atoms with E-state index < -0.39 is 0 Å². The molecule has 74 valence electrons. The largest absolute Gasteiger partial charge is 0.337 e. The average molecular weight is 216 g/mol. The molecule has 0 fully saturated rings. The van der Waals surface area contributed by atoms with Gasteiger partial charge in [0.15, 0.2) is 4.77 Å². The molecule has 0 bridgehead atoms. The van der Waals surface area contributed by atoms with Gasteiger partial charge in [-0.25, -0.2) is 0 Å². The van der Waals surface area contributed by atoms with Crippen molar-refractivity contribution < 1.29 is 0 Å². The Hall–Kier alpha value is -0.220. The number of aryl methyl sites for hydroxylation is 1. The van der Waals surface area contributed by atoms with Crippen molar-refractivity contribution in [1.82, 2.24) is 9.55 Å². The molecular formula is C9H16N2S2. The molecule has 4 heteroatoms. The van der Waals surface area contributed by atoms with Crippen LogP contribution in [0.4, 0.5) is 0 Å². The number of rotatable bonds is 6. The first-order valence-electron chi connectivity index (χ1n) is 4.57. The minimum absolute atomic E-state index is 0.838. The molecule has 0 radical (unpaired) electrons. The minimum Gasteiger partial charge on any atom is -0.337 e. The van der Waals surface area contributed by atoms with Gasteiger partial charge in [-0.3, -0.25) is 0 Å².